The smallest absolute Gasteiger partial charge is 0.317 e. The minimum Gasteiger partial charge on any atom is -0.480 e. The van der Waals surface area contributed by atoms with Crippen LogP contribution in [0.15, 0.2) is 30.3 Å². The molecule has 102 valence electrons. The van der Waals surface area contributed by atoms with Crippen molar-refractivity contribution in [3.05, 3.63) is 30.3 Å². The molecular weight excluding hydrogens is 252 g/mol. The van der Waals surface area contributed by atoms with Crippen LogP contribution in [0.5, 0.6) is 0 Å². The Kier molecular flexibility index (Phi) is 5.49. The molecule has 0 atom stereocenters. The molecule has 0 aliphatic heterocycles. The van der Waals surface area contributed by atoms with Crippen molar-refractivity contribution in [1.82, 2.24) is 4.90 Å². The van der Waals surface area contributed by atoms with E-state index in [2.05, 4.69) is 5.32 Å². The summed E-state index contributed by atoms with van der Waals surface area (Å²) in [5, 5.41) is 19.8. The van der Waals surface area contributed by atoms with E-state index in [-0.39, 0.29) is 6.54 Å². The summed E-state index contributed by atoms with van der Waals surface area (Å²) in [6.45, 7) is -1.31. The number of benzene rings is 1. The number of nitrogens with zero attached hydrogens (tertiary/aromatic N) is 1. The Morgan fingerprint density at radius 1 is 0.947 bits per heavy atom. The number of hydrogen-bond acceptors (Lipinski definition) is 4. The van der Waals surface area contributed by atoms with E-state index >= 15 is 0 Å². The van der Waals surface area contributed by atoms with Crippen LogP contribution in [0.25, 0.3) is 0 Å². The van der Waals surface area contributed by atoms with Gasteiger partial charge >= 0.3 is 11.9 Å². The molecule has 0 aromatic heterocycles. The second kappa shape index (κ2) is 7.12. The Labute approximate surface area is 109 Å². The first-order chi connectivity index (χ1) is 8.97. The number of aliphatic carboxylic acids is 2. The Balaban J connectivity index is 2.55. The van der Waals surface area contributed by atoms with Gasteiger partial charge in [0.25, 0.3) is 0 Å². The first-order valence-electron chi connectivity index (χ1n) is 5.48. The third-order valence-electron chi connectivity index (χ3n) is 2.14. The molecule has 0 heterocycles. The molecule has 0 unspecified atom stereocenters. The van der Waals surface area contributed by atoms with Gasteiger partial charge in [-0.15, -0.1) is 0 Å². The topological polar surface area (TPSA) is 107 Å². The van der Waals surface area contributed by atoms with Crippen molar-refractivity contribution in [2.24, 2.45) is 0 Å². The first-order valence-corrected chi connectivity index (χ1v) is 5.48. The fraction of sp³-hybridized carbons (Fsp3) is 0.250. The van der Waals surface area contributed by atoms with E-state index < -0.39 is 30.9 Å². The van der Waals surface area contributed by atoms with Crippen LogP contribution in [-0.4, -0.2) is 52.6 Å². The number of carbonyl (C=O) groups excluding carboxylic acids is 1. The molecule has 1 aromatic carbocycles. The second-order valence-electron chi connectivity index (χ2n) is 3.85. The number of anilines is 1. The third kappa shape index (κ3) is 6.18. The van der Waals surface area contributed by atoms with Crippen LogP contribution >= 0.6 is 0 Å². The highest BCUT2D eigenvalue weighted by molar-refractivity contribution is 5.92. The number of carboxylic acid groups (broad SMARTS) is 2. The lowest BCUT2D eigenvalue weighted by molar-refractivity contribution is -0.142. The predicted molar refractivity (Wildman–Crippen MR) is 66.8 cm³/mol. The second-order valence-corrected chi connectivity index (χ2v) is 3.85. The Morgan fingerprint density at radius 3 is 1.95 bits per heavy atom. The van der Waals surface area contributed by atoms with Crippen molar-refractivity contribution in [3.63, 3.8) is 0 Å². The Hall–Kier alpha value is -2.41. The van der Waals surface area contributed by atoms with E-state index in [1.54, 1.807) is 30.3 Å². The van der Waals surface area contributed by atoms with Gasteiger partial charge in [-0.05, 0) is 12.1 Å². The van der Waals surface area contributed by atoms with Crippen LogP contribution in [0.4, 0.5) is 5.69 Å². The molecule has 3 N–H and O–H groups in total. The van der Waals surface area contributed by atoms with Crippen LogP contribution in [0, 0.1) is 0 Å². The molecular formula is C12H14N2O5. The number of rotatable bonds is 7. The van der Waals surface area contributed by atoms with Gasteiger partial charge in [0.05, 0.1) is 19.6 Å². The lowest BCUT2D eigenvalue weighted by Gasteiger charge is -2.17. The minimum absolute atomic E-state index is 0.298. The molecule has 19 heavy (non-hydrogen) atoms. The van der Waals surface area contributed by atoms with E-state index in [0.29, 0.717) is 5.69 Å². The van der Waals surface area contributed by atoms with Gasteiger partial charge in [0.15, 0.2) is 0 Å². The summed E-state index contributed by atoms with van der Waals surface area (Å²) in [6, 6.07) is 8.62. The fourth-order valence-corrected chi connectivity index (χ4v) is 1.48. The monoisotopic (exact) mass is 266 g/mol. The SMILES string of the molecule is O=C(O)CN(CC(=O)O)CC(=O)Nc1ccccc1. The van der Waals surface area contributed by atoms with Gasteiger partial charge in [-0.2, -0.15) is 0 Å². The average molecular weight is 266 g/mol. The quantitative estimate of drug-likeness (QED) is 0.646. The van der Waals surface area contributed by atoms with Crippen molar-refractivity contribution < 1.29 is 24.6 Å². The van der Waals surface area contributed by atoms with Gasteiger partial charge in [0.1, 0.15) is 0 Å². The van der Waals surface area contributed by atoms with E-state index in [9.17, 15) is 14.4 Å². The molecule has 1 aromatic rings. The summed E-state index contributed by atoms with van der Waals surface area (Å²) in [7, 11) is 0. The van der Waals surface area contributed by atoms with Gasteiger partial charge in [-0.25, -0.2) is 0 Å². The molecule has 0 fully saturated rings. The zero-order chi connectivity index (χ0) is 14.3. The van der Waals surface area contributed by atoms with E-state index in [4.69, 9.17) is 10.2 Å². The molecule has 7 nitrogen and oxygen atoms in total. The van der Waals surface area contributed by atoms with Crippen LogP contribution in [0.3, 0.4) is 0 Å². The van der Waals surface area contributed by atoms with Crippen LogP contribution in [-0.2, 0) is 14.4 Å². The number of para-hydroxylation sites is 1. The maximum atomic E-state index is 11.6. The Bertz CT molecular complexity index is 444. The van der Waals surface area contributed by atoms with E-state index in [1.807, 2.05) is 0 Å². The van der Waals surface area contributed by atoms with Gasteiger partial charge in [-0.3, -0.25) is 19.3 Å². The molecule has 1 rings (SSSR count). The molecule has 0 aliphatic rings. The maximum Gasteiger partial charge on any atom is 0.317 e. The summed E-state index contributed by atoms with van der Waals surface area (Å²) in [6.07, 6.45) is 0. The first kappa shape index (κ1) is 14.7. The highest BCUT2D eigenvalue weighted by atomic mass is 16.4. The highest BCUT2D eigenvalue weighted by Gasteiger charge is 2.16. The predicted octanol–water partition coefficient (Wildman–Crippen LogP) is 0.0963. The molecule has 0 bridgehead atoms. The summed E-state index contributed by atoms with van der Waals surface area (Å²) in [5.41, 5.74) is 0.568. The molecule has 0 spiro atoms. The van der Waals surface area contributed by atoms with E-state index in [0.717, 1.165) is 4.90 Å². The van der Waals surface area contributed by atoms with Crippen molar-refractivity contribution in [3.8, 4) is 0 Å². The highest BCUT2D eigenvalue weighted by Crippen LogP contribution is 2.04. The zero-order valence-corrected chi connectivity index (χ0v) is 10.1. The average Bonchev–Trinajstić information content (AvgIpc) is 2.27. The molecule has 0 saturated heterocycles. The number of carbonyl (C=O) groups is 3. The summed E-state index contributed by atoms with van der Waals surface area (Å²) in [5.74, 6) is -2.84. The molecule has 0 aliphatic carbocycles. The number of hydrogen-bond donors (Lipinski definition) is 3. The van der Waals surface area contributed by atoms with Crippen LogP contribution < -0.4 is 5.32 Å². The summed E-state index contributed by atoms with van der Waals surface area (Å²) >= 11 is 0. The third-order valence-corrected chi connectivity index (χ3v) is 2.14. The lowest BCUT2D eigenvalue weighted by Crippen LogP contribution is -2.40. The van der Waals surface area contributed by atoms with Gasteiger partial charge in [0, 0.05) is 5.69 Å². The maximum absolute atomic E-state index is 11.6. The number of carboxylic acids is 2. The molecule has 0 radical (unpaired) electrons. The Morgan fingerprint density at radius 2 is 1.47 bits per heavy atom. The summed E-state index contributed by atoms with van der Waals surface area (Å²) < 4.78 is 0. The zero-order valence-electron chi connectivity index (χ0n) is 10.1. The van der Waals surface area contributed by atoms with Crippen LogP contribution in [0.2, 0.25) is 0 Å². The fourth-order valence-electron chi connectivity index (χ4n) is 1.48. The van der Waals surface area contributed by atoms with Crippen molar-refractivity contribution >= 4 is 23.5 Å². The lowest BCUT2D eigenvalue weighted by atomic mass is 10.3. The van der Waals surface area contributed by atoms with Gasteiger partial charge in [0.2, 0.25) is 5.91 Å². The van der Waals surface area contributed by atoms with Crippen molar-refractivity contribution in [1.29, 1.82) is 0 Å². The molecule has 0 saturated carbocycles. The van der Waals surface area contributed by atoms with Crippen molar-refractivity contribution in [2.75, 3.05) is 25.0 Å². The number of amides is 1. The number of nitrogens with one attached hydrogen (secondary N) is 1. The summed E-state index contributed by atoms with van der Waals surface area (Å²) in [4.78, 5) is 33.8. The normalized spacial score (nSPS) is 10.2. The molecule has 7 heteroatoms. The standard InChI is InChI=1S/C12H14N2O5/c15-10(13-9-4-2-1-3-5-9)6-14(7-11(16)17)8-12(18)19/h1-5H,6-8H2,(H,13,15)(H,16,17)(H,18,19). The molecule has 1 amide bonds. The van der Waals surface area contributed by atoms with Gasteiger partial charge < -0.3 is 15.5 Å². The van der Waals surface area contributed by atoms with E-state index in [1.165, 1.54) is 0 Å². The largest absolute Gasteiger partial charge is 0.480 e. The van der Waals surface area contributed by atoms with Gasteiger partial charge in [-0.1, -0.05) is 18.2 Å². The minimum atomic E-state index is -1.19. The van der Waals surface area contributed by atoms with Crippen molar-refractivity contribution in [2.45, 2.75) is 0 Å². The van der Waals surface area contributed by atoms with Crippen LogP contribution in [0.1, 0.15) is 0 Å².